The van der Waals surface area contributed by atoms with Crippen LogP contribution in [0.25, 0.3) is 0 Å². The fourth-order valence-electron chi connectivity index (χ4n) is 3.44. The number of aromatic nitrogens is 1. The fourth-order valence-corrected chi connectivity index (χ4v) is 4.50. The first-order valence-corrected chi connectivity index (χ1v) is 10.9. The number of thiazole rings is 1. The first-order valence-electron chi connectivity index (χ1n) is 9.73. The molecule has 1 fully saturated rings. The third-order valence-corrected chi connectivity index (χ3v) is 6.21. The predicted octanol–water partition coefficient (Wildman–Crippen LogP) is 5.79. The topological polar surface area (TPSA) is 62.3 Å². The molecular weight excluding hydrogens is 463 g/mol. The van der Waals surface area contributed by atoms with Crippen LogP contribution in [0.3, 0.4) is 0 Å². The lowest BCUT2D eigenvalue weighted by Crippen LogP contribution is -2.24. The summed E-state index contributed by atoms with van der Waals surface area (Å²) in [5.74, 6) is -0.460. The van der Waals surface area contributed by atoms with Gasteiger partial charge in [0.25, 0.3) is 5.91 Å². The fraction of sp³-hybridized carbons (Fsp3) is 0.227. The Bertz CT molecular complexity index is 1180. The van der Waals surface area contributed by atoms with E-state index in [9.17, 15) is 22.8 Å². The van der Waals surface area contributed by atoms with Crippen molar-refractivity contribution in [3.05, 3.63) is 75.3 Å². The van der Waals surface area contributed by atoms with E-state index in [2.05, 4.69) is 10.3 Å². The number of carbonyl (C=O) groups excluding carboxylic acids is 2. The molecule has 2 aromatic carbocycles. The summed E-state index contributed by atoms with van der Waals surface area (Å²) in [4.78, 5) is 31.1. The van der Waals surface area contributed by atoms with Gasteiger partial charge >= 0.3 is 6.18 Å². The largest absolute Gasteiger partial charge is 0.416 e. The van der Waals surface area contributed by atoms with E-state index in [1.54, 1.807) is 29.2 Å². The van der Waals surface area contributed by atoms with Crippen molar-refractivity contribution in [2.45, 2.75) is 25.4 Å². The van der Waals surface area contributed by atoms with Crippen LogP contribution < -0.4 is 10.2 Å². The maximum Gasteiger partial charge on any atom is 0.416 e. The first-order chi connectivity index (χ1) is 15.2. The summed E-state index contributed by atoms with van der Waals surface area (Å²) in [5.41, 5.74) is 0.604. The Kier molecular flexibility index (Phi) is 6.21. The van der Waals surface area contributed by atoms with Crippen molar-refractivity contribution in [1.82, 2.24) is 4.98 Å². The minimum Gasteiger partial charge on any atom is -0.311 e. The van der Waals surface area contributed by atoms with Crippen molar-refractivity contribution in [3.63, 3.8) is 0 Å². The minimum atomic E-state index is -4.40. The van der Waals surface area contributed by atoms with Crippen LogP contribution in [0.1, 0.15) is 39.2 Å². The van der Waals surface area contributed by atoms with E-state index in [1.165, 1.54) is 23.6 Å². The second kappa shape index (κ2) is 8.91. The Labute approximate surface area is 190 Å². The van der Waals surface area contributed by atoms with Gasteiger partial charge in [0, 0.05) is 36.0 Å². The maximum absolute atomic E-state index is 12.9. The summed E-state index contributed by atoms with van der Waals surface area (Å²) in [6.45, 7) is 0.551. The average molecular weight is 480 g/mol. The summed E-state index contributed by atoms with van der Waals surface area (Å²) in [6, 6.07) is 9.80. The van der Waals surface area contributed by atoms with Crippen molar-refractivity contribution in [1.29, 1.82) is 0 Å². The molecule has 1 aliphatic rings. The van der Waals surface area contributed by atoms with Crippen molar-refractivity contribution < 1.29 is 22.8 Å². The molecule has 0 bridgehead atoms. The number of halogens is 4. The van der Waals surface area contributed by atoms with Gasteiger partial charge in [-0.05, 0) is 36.2 Å². The smallest absolute Gasteiger partial charge is 0.311 e. The highest BCUT2D eigenvalue weighted by atomic mass is 35.5. The van der Waals surface area contributed by atoms with Crippen LogP contribution in [0, 0.1) is 0 Å². The van der Waals surface area contributed by atoms with E-state index in [-0.39, 0.29) is 12.3 Å². The Morgan fingerprint density at radius 3 is 2.75 bits per heavy atom. The van der Waals surface area contributed by atoms with Gasteiger partial charge in [-0.15, -0.1) is 11.3 Å². The molecule has 1 aliphatic heterocycles. The lowest BCUT2D eigenvalue weighted by atomic mass is 10.1. The second-order valence-electron chi connectivity index (χ2n) is 7.28. The predicted molar refractivity (Wildman–Crippen MR) is 117 cm³/mol. The number of alkyl halides is 3. The molecule has 2 heterocycles. The van der Waals surface area contributed by atoms with Crippen molar-refractivity contribution in [2.24, 2.45) is 0 Å². The van der Waals surface area contributed by atoms with Crippen LogP contribution in [-0.4, -0.2) is 23.3 Å². The van der Waals surface area contributed by atoms with E-state index in [1.807, 2.05) is 0 Å². The van der Waals surface area contributed by atoms with Gasteiger partial charge in [0.15, 0.2) is 5.13 Å². The average Bonchev–Trinajstić information content (AvgIpc) is 3.36. The van der Waals surface area contributed by atoms with Gasteiger partial charge in [-0.3, -0.25) is 14.9 Å². The van der Waals surface area contributed by atoms with Gasteiger partial charge in [-0.1, -0.05) is 29.8 Å². The Hall–Kier alpha value is -2.91. The standard InChI is InChI=1S/C22H17ClF3N3O2S/c23-17-7-6-14(11-18(17)29-8-2-5-19(29)30)20(31)28-21-27-12-16(32-21)10-13-3-1-4-15(9-13)22(24,25)26/h1,3-4,6-7,9,11-12H,2,5,8,10H2,(H,27,28,31). The van der Waals surface area contributed by atoms with Crippen LogP contribution in [0.15, 0.2) is 48.7 Å². The summed E-state index contributed by atoms with van der Waals surface area (Å²) < 4.78 is 38.7. The molecule has 0 atom stereocenters. The normalized spacial score (nSPS) is 14.1. The van der Waals surface area contributed by atoms with Crippen LogP contribution in [0.4, 0.5) is 24.0 Å². The van der Waals surface area contributed by atoms with Gasteiger partial charge < -0.3 is 4.90 Å². The molecule has 3 aromatic rings. The highest BCUT2D eigenvalue weighted by Gasteiger charge is 2.30. The molecule has 32 heavy (non-hydrogen) atoms. The molecule has 0 saturated carbocycles. The number of nitrogens with one attached hydrogen (secondary N) is 1. The lowest BCUT2D eigenvalue weighted by molar-refractivity contribution is -0.137. The zero-order chi connectivity index (χ0) is 22.9. The Balaban J connectivity index is 1.46. The van der Waals surface area contributed by atoms with Gasteiger partial charge in [-0.25, -0.2) is 4.98 Å². The molecule has 4 rings (SSSR count). The lowest BCUT2D eigenvalue weighted by Gasteiger charge is -2.18. The summed E-state index contributed by atoms with van der Waals surface area (Å²) in [6.07, 6.45) is -1.43. The number of hydrogen-bond acceptors (Lipinski definition) is 4. The summed E-state index contributed by atoms with van der Waals surface area (Å²) in [5, 5.41) is 3.40. The van der Waals surface area contributed by atoms with Crippen LogP contribution in [0.2, 0.25) is 5.02 Å². The first kappa shape index (κ1) is 22.3. The molecule has 1 aromatic heterocycles. The summed E-state index contributed by atoms with van der Waals surface area (Å²) in [7, 11) is 0. The van der Waals surface area contributed by atoms with Gasteiger partial charge in [0.05, 0.1) is 16.3 Å². The second-order valence-corrected chi connectivity index (χ2v) is 8.80. The number of rotatable bonds is 5. The zero-order valence-corrected chi connectivity index (χ0v) is 18.2. The van der Waals surface area contributed by atoms with Gasteiger partial charge in [0.1, 0.15) is 0 Å². The highest BCUT2D eigenvalue weighted by Crippen LogP contribution is 2.32. The molecule has 0 unspecified atom stereocenters. The van der Waals surface area contributed by atoms with Crippen LogP contribution in [0.5, 0.6) is 0 Å². The molecule has 0 aliphatic carbocycles. The van der Waals surface area contributed by atoms with E-state index >= 15 is 0 Å². The molecule has 1 saturated heterocycles. The van der Waals surface area contributed by atoms with Gasteiger partial charge in [-0.2, -0.15) is 13.2 Å². The van der Waals surface area contributed by atoms with E-state index in [0.717, 1.165) is 18.6 Å². The van der Waals surface area contributed by atoms with E-state index in [4.69, 9.17) is 11.6 Å². The number of amides is 2. The van der Waals surface area contributed by atoms with Crippen LogP contribution >= 0.6 is 22.9 Å². The van der Waals surface area contributed by atoms with Crippen LogP contribution in [-0.2, 0) is 17.4 Å². The molecule has 1 N–H and O–H groups in total. The number of carbonyl (C=O) groups is 2. The van der Waals surface area contributed by atoms with Crippen molar-refractivity contribution in [2.75, 3.05) is 16.8 Å². The molecule has 0 radical (unpaired) electrons. The molecular formula is C22H17ClF3N3O2S. The monoisotopic (exact) mass is 479 g/mol. The zero-order valence-electron chi connectivity index (χ0n) is 16.6. The third-order valence-electron chi connectivity index (χ3n) is 4.98. The van der Waals surface area contributed by atoms with Gasteiger partial charge in [0.2, 0.25) is 5.91 Å². The number of benzene rings is 2. The number of nitrogens with zero attached hydrogens (tertiary/aromatic N) is 2. The minimum absolute atomic E-state index is 0.0383. The summed E-state index contributed by atoms with van der Waals surface area (Å²) >= 11 is 7.40. The number of anilines is 2. The Morgan fingerprint density at radius 2 is 2.03 bits per heavy atom. The molecule has 0 spiro atoms. The maximum atomic E-state index is 12.9. The van der Waals surface area contributed by atoms with E-state index < -0.39 is 17.6 Å². The van der Waals surface area contributed by atoms with Crippen molar-refractivity contribution >= 4 is 45.6 Å². The highest BCUT2D eigenvalue weighted by molar-refractivity contribution is 7.15. The molecule has 2 amide bonds. The molecule has 10 heteroatoms. The van der Waals surface area contributed by atoms with Crippen molar-refractivity contribution in [3.8, 4) is 0 Å². The SMILES string of the molecule is O=C(Nc1ncc(Cc2cccc(C(F)(F)F)c2)s1)c1ccc(Cl)c(N2CCCC2=O)c1. The third kappa shape index (κ3) is 4.94. The van der Waals surface area contributed by atoms with E-state index in [0.29, 0.717) is 44.8 Å². The quantitative estimate of drug-likeness (QED) is 0.504. The number of hydrogen-bond donors (Lipinski definition) is 1. The molecule has 166 valence electrons. The molecule has 5 nitrogen and oxygen atoms in total. The Morgan fingerprint density at radius 1 is 1.22 bits per heavy atom.